The van der Waals surface area contributed by atoms with E-state index in [-0.39, 0.29) is 22.6 Å². The number of pyridine rings is 1. The van der Waals surface area contributed by atoms with Gasteiger partial charge >= 0.3 is 0 Å². The van der Waals surface area contributed by atoms with Gasteiger partial charge in [-0.3, -0.25) is 14.9 Å². The molecular formula is C22H16N6O3. The van der Waals surface area contributed by atoms with Gasteiger partial charge in [0.2, 0.25) is 0 Å². The number of para-hydroxylation sites is 1. The zero-order valence-electron chi connectivity index (χ0n) is 16.7. The molecule has 0 unspecified atom stereocenters. The molecule has 9 nitrogen and oxygen atoms in total. The van der Waals surface area contributed by atoms with Crippen LogP contribution in [-0.2, 0) is 0 Å². The number of hydrogen-bond acceptors (Lipinski definition) is 6. The lowest BCUT2D eigenvalue weighted by Gasteiger charge is -2.11. The summed E-state index contributed by atoms with van der Waals surface area (Å²) in [5.41, 5.74) is 2.41. The molecule has 0 saturated heterocycles. The fourth-order valence-corrected chi connectivity index (χ4v) is 3.35. The van der Waals surface area contributed by atoms with Crippen molar-refractivity contribution < 1.29 is 9.72 Å². The molecule has 9 heteroatoms. The first-order chi connectivity index (χ1) is 14.9. The van der Waals surface area contributed by atoms with Gasteiger partial charge in [-0.2, -0.15) is 15.0 Å². The molecular weight excluding hydrogens is 396 g/mol. The number of anilines is 1. The maximum atomic E-state index is 12.8. The van der Waals surface area contributed by atoms with Crippen LogP contribution in [0, 0.1) is 35.3 Å². The molecule has 0 bridgehead atoms. The number of rotatable bonds is 4. The molecule has 1 amide bonds. The third-order valence-electron chi connectivity index (χ3n) is 4.90. The summed E-state index contributed by atoms with van der Waals surface area (Å²) in [6.07, 6.45) is 1.35. The van der Waals surface area contributed by atoms with Crippen LogP contribution in [0.25, 0.3) is 16.7 Å². The second kappa shape index (κ2) is 7.68. The van der Waals surface area contributed by atoms with Crippen LogP contribution in [0.15, 0.2) is 54.7 Å². The van der Waals surface area contributed by atoms with E-state index < -0.39 is 10.8 Å². The molecule has 0 radical (unpaired) electrons. The van der Waals surface area contributed by atoms with Crippen molar-refractivity contribution in [2.75, 3.05) is 5.32 Å². The third-order valence-corrected chi connectivity index (χ3v) is 4.90. The summed E-state index contributed by atoms with van der Waals surface area (Å²) in [5.74, 6) is 0.104. The minimum Gasteiger partial charge on any atom is -0.305 e. The van der Waals surface area contributed by atoms with E-state index >= 15 is 0 Å². The Morgan fingerprint density at radius 3 is 2.65 bits per heavy atom. The molecule has 0 aliphatic rings. The van der Waals surface area contributed by atoms with Crippen LogP contribution in [0.4, 0.5) is 11.5 Å². The Morgan fingerprint density at radius 1 is 1.16 bits per heavy atom. The van der Waals surface area contributed by atoms with Gasteiger partial charge in [0.05, 0.1) is 16.6 Å². The second-order valence-electron chi connectivity index (χ2n) is 6.96. The second-order valence-corrected chi connectivity index (χ2v) is 6.96. The molecule has 0 fully saturated rings. The zero-order valence-corrected chi connectivity index (χ0v) is 16.7. The minimum atomic E-state index is -0.520. The van der Waals surface area contributed by atoms with E-state index in [1.165, 1.54) is 29.1 Å². The number of amides is 1. The lowest BCUT2D eigenvalue weighted by Crippen LogP contribution is -2.17. The van der Waals surface area contributed by atoms with E-state index in [0.717, 1.165) is 16.5 Å². The number of hydrogen-bond donors (Lipinski definition) is 1. The predicted octanol–water partition coefficient (Wildman–Crippen LogP) is 4.07. The summed E-state index contributed by atoms with van der Waals surface area (Å²) in [6, 6.07) is 15.6. The Kier molecular flexibility index (Phi) is 4.89. The normalized spacial score (nSPS) is 10.6. The van der Waals surface area contributed by atoms with Crippen LogP contribution in [0.5, 0.6) is 0 Å². The number of nitriles is 1. The van der Waals surface area contributed by atoms with Crippen molar-refractivity contribution >= 4 is 28.3 Å². The average Bonchev–Trinajstić information content (AvgIpc) is 3.15. The molecule has 4 rings (SSSR count). The molecule has 0 saturated carbocycles. The Balaban J connectivity index is 1.75. The highest BCUT2D eigenvalue weighted by Crippen LogP contribution is 2.25. The predicted molar refractivity (Wildman–Crippen MR) is 114 cm³/mol. The van der Waals surface area contributed by atoms with Gasteiger partial charge in [0.25, 0.3) is 11.6 Å². The fourth-order valence-electron chi connectivity index (χ4n) is 3.35. The summed E-state index contributed by atoms with van der Waals surface area (Å²) in [6.45, 7) is 3.50. The van der Waals surface area contributed by atoms with Crippen molar-refractivity contribution in [2.24, 2.45) is 0 Å². The SMILES string of the molecule is Cc1cc(C(=O)Nc2c(C#N)cnn2-c2cc(C)c3ccccc3n2)ccc1[N+](=O)[O-]. The maximum Gasteiger partial charge on any atom is 0.272 e. The first kappa shape index (κ1) is 19.7. The van der Waals surface area contributed by atoms with Crippen LogP contribution in [0.1, 0.15) is 27.0 Å². The Bertz CT molecular complexity index is 1400. The van der Waals surface area contributed by atoms with Crippen molar-refractivity contribution in [3.63, 3.8) is 0 Å². The van der Waals surface area contributed by atoms with E-state index in [1.54, 1.807) is 6.92 Å². The molecule has 31 heavy (non-hydrogen) atoms. The number of fused-ring (bicyclic) bond motifs is 1. The summed E-state index contributed by atoms with van der Waals surface area (Å²) < 4.78 is 1.40. The van der Waals surface area contributed by atoms with Crippen LogP contribution < -0.4 is 5.32 Å². The molecule has 0 atom stereocenters. The molecule has 1 N–H and O–H groups in total. The Hall–Kier alpha value is -4.58. The highest BCUT2D eigenvalue weighted by atomic mass is 16.6. The van der Waals surface area contributed by atoms with Crippen LogP contribution in [0.2, 0.25) is 0 Å². The molecule has 0 aliphatic heterocycles. The number of aromatic nitrogens is 3. The number of nitrogens with zero attached hydrogens (tertiary/aromatic N) is 5. The summed E-state index contributed by atoms with van der Waals surface area (Å²) in [7, 11) is 0. The van der Waals surface area contributed by atoms with Crippen molar-refractivity contribution in [3.8, 4) is 11.9 Å². The van der Waals surface area contributed by atoms with Crippen LogP contribution in [0.3, 0.4) is 0 Å². The Morgan fingerprint density at radius 2 is 1.94 bits per heavy atom. The number of carbonyl (C=O) groups excluding carboxylic acids is 1. The van der Waals surface area contributed by atoms with E-state index in [4.69, 9.17) is 0 Å². The number of carbonyl (C=O) groups is 1. The molecule has 4 aromatic rings. The third kappa shape index (κ3) is 3.58. The van der Waals surface area contributed by atoms with Crippen molar-refractivity contribution in [1.82, 2.24) is 14.8 Å². The zero-order chi connectivity index (χ0) is 22.1. The van der Waals surface area contributed by atoms with Gasteiger partial charge in [-0.15, -0.1) is 0 Å². The molecule has 0 spiro atoms. The average molecular weight is 412 g/mol. The molecule has 2 aromatic carbocycles. The number of benzene rings is 2. The van der Waals surface area contributed by atoms with E-state index in [1.807, 2.05) is 43.3 Å². The van der Waals surface area contributed by atoms with Gasteiger partial charge < -0.3 is 5.32 Å². The lowest BCUT2D eigenvalue weighted by atomic mass is 10.1. The van der Waals surface area contributed by atoms with Crippen molar-refractivity contribution in [2.45, 2.75) is 13.8 Å². The molecule has 0 aliphatic carbocycles. The maximum absolute atomic E-state index is 12.8. The molecule has 2 heterocycles. The Labute approximate surface area is 176 Å². The quantitative estimate of drug-likeness (QED) is 0.398. The summed E-state index contributed by atoms with van der Waals surface area (Å²) in [4.78, 5) is 27.9. The van der Waals surface area contributed by atoms with Gasteiger partial charge in [0, 0.05) is 22.6 Å². The van der Waals surface area contributed by atoms with E-state index in [2.05, 4.69) is 15.4 Å². The van der Waals surface area contributed by atoms with Gasteiger partial charge in [-0.25, -0.2) is 4.98 Å². The van der Waals surface area contributed by atoms with Crippen molar-refractivity contribution in [3.05, 3.63) is 87.1 Å². The van der Waals surface area contributed by atoms with E-state index in [9.17, 15) is 20.2 Å². The standard InChI is InChI=1S/C22H16N6O3/c1-13-10-20(25-18-6-4-3-5-17(13)18)27-21(16(11-23)12-24-27)26-22(29)15-7-8-19(28(30)31)14(2)9-15/h3-10,12H,1-2H3,(H,26,29). The fraction of sp³-hybridized carbons (Fsp3) is 0.0909. The number of nitrogens with one attached hydrogen (secondary N) is 1. The van der Waals surface area contributed by atoms with Gasteiger partial charge in [0.15, 0.2) is 11.6 Å². The first-order valence-corrected chi connectivity index (χ1v) is 9.30. The summed E-state index contributed by atoms with van der Waals surface area (Å²) >= 11 is 0. The molecule has 152 valence electrons. The summed E-state index contributed by atoms with van der Waals surface area (Å²) in [5, 5.41) is 28.4. The smallest absolute Gasteiger partial charge is 0.272 e. The number of aryl methyl sites for hydroxylation is 2. The van der Waals surface area contributed by atoms with Crippen molar-refractivity contribution in [1.29, 1.82) is 5.26 Å². The van der Waals surface area contributed by atoms with Crippen LogP contribution >= 0.6 is 0 Å². The highest BCUT2D eigenvalue weighted by Gasteiger charge is 2.19. The van der Waals surface area contributed by atoms with Gasteiger partial charge in [0.1, 0.15) is 11.6 Å². The monoisotopic (exact) mass is 412 g/mol. The van der Waals surface area contributed by atoms with Gasteiger partial charge in [-0.1, -0.05) is 18.2 Å². The number of nitro groups is 1. The number of nitro benzene ring substituents is 1. The molecule has 2 aromatic heterocycles. The largest absolute Gasteiger partial charge is 0.305 e. The lowest BCUT2D eigenvalue weighted by molar-refractivity contribution is -0.385. The van der Waals surface area contributed by atoms with Crippen LogP contribution in [-0.4, -0.2) is 25.6 Å². The topological polar surface area (TPSA) is 127 Å². The minimum absolute atomic E-state index is 0.0739. The van der Waals surface area contributed by atoms with Gasteiger partial charge in [-0.05, 0) is 43.7 Å². The highest BCUT2D eigenvalue weighted by molar-refractivity contribution is 6.04. The van der Waals surface area contributed by atoms with E-state index in [0.29, 0.717) is 11.4 Å². The first-order valence-electron chi connectivity index (χ1n) is 9.30.